The van der Waals surface area contributed by atoms with Crippen molar-refractivity contribution in [2.24, 2.45) is 5.92 Å². The molecule has 35 heavy (non-hydrogen) atoms. The SMILES string of the molecule is CCCCCc1ccc(C2CCC(/C=C/c3ccc(OC(F)(F)C(F)C(F)(F)F)cc3)CC2)cc1. The third-order valence-corrected chi connectivity index (χ3v) is 6.57. The summed E-state index contributed by atoms with van der Waals surface area (Å²) in [4.78, 5) is 0. The molecule has 1 saturated carbocycles. The van der Waals surface area contributed by atoms with Crippen LogP contribution >= 0.6 is 0 Å². The molecule has 0 amide bonds. The largest absolute Gasteiger partial charge is 0.439 e. The topological polar surface area (TPSA) is 9.23 Å². The van der Waals surface area contributed by atoms with Gasteiger partial charge in [-0.25, -0.2) is 4.39 Å². The first-order valence-electron chi connectivity index (χ1n) is 12.2. The fourth-order valence-corrected chi connectivity index (χ4v) is 4.47. The van der Waals surface area contributed by atoms with E-state index in [1.807, 2.05) is 6.08 Å². The van der Waals surface area contributed by atoms with Crippen molar-refractivity contribution in [1.82, 2.24) is 0 Å². The molecule has 0 heterocycles. The number of rotatable bonds is 10. The summed E-state index contributed by atoms with van der Waals surface area (Å²) in [5.74, 6) is 0.424. The maximum absolute atomic E-state index is 13.4. The zero-order chi connectivity index (χ0) is 25.5. The van der Waals surface area contributed by atoms with Gasteiger partial charge in [-0.3, -0.25) is 0 Å². The molecule has 0 bridgehead atoms. The summed E-state index contributed by atoms with van der Waals surface area (Å²) < 4.78 is 80.4. The molecule has 0 spiro atoms. The van der Waals surface area contributed by atoms with Gasteiger partial charge in [-0.2, -0.15) is 22.0 Å². The molecule has 2 aromatic rings. The number of hydrogen-bond donors (Lipinski definition) is 0. The second-order valence-electron chi connectivity index (χ2n) is 9.31. The van der Waals surface area contributed by atoms with E-state index in [0.717, 1.165) is 44.2 Å². The molecule has 1 nitrogen and oxygen atoms in total. The van der Waals surface area contributed by atoms with Gasteiger partial charge in [-0.15, -0.1) is 0 Å². The monoisotopic (exact) mass is 498 g/mol. The Bertz CT molecular complexity index is 925. The van der Waals surface area contributed by atoms with Gasteiger partial charge < -0.3 is 4.74 Å². The van der Waals surface area contributed by atoms with Crippen molar-refractivity contribution in [3.05, 3.63) is 71.3 Å². The maximum Gasteiger partial charge on any atom is 0.439 e. The lowest BCUT2D eigenvalue weighted by molar-refractivity contribution is -0.304. The summed E-state index contributed by atoms with van der Waals surface area (Å²) >= 11 is 0. The molecule has 192 valence electrons. The Balaban J connectivity index is 1.47. The van der Waals surface area contributed by atoms with E-state index < -0.39 is 24.2 Å². The third-order valence-electron chi connectivity index (χ3n) is 6.57. The van der Waals surface area contributed by atoms with Crippen LogP contribution in [0.15, 0.2) is 54.6 Å². The Morgan fingerprint density at radius 3 is 2.09 bits per heavy atom. The van der Waals surface area contributed by atoms with Crippen molar-refractivity contribution >= 4 is 6.08 Å². The van der Waals surface area contributed by atoms with Crippen LogP contribution in [0, 0.1) is 5.92 Å². The Hall–Kier alpha value is -2.44. The quantitative estimate of drug-likeness (QED) is 0.234. The van der Waals surface area contributed by atoms with Gasteiger partial charge in [-0.1, -0.05) is 68.3 Å². The molecule has 1 aliphatic carbocycles. The highest BCUT2D eigenvalue weighted by Gasteiger charge is 2.59. The smallest absolute Gasteiger partial charge is 0.430 e. The summed E-state index contributed by atoms with van der Waals surface area (Å²) in [6, 6.07) is 14.1. The molecular weight excluding hydrogens is 466 g/mol. The first-order valence-corrected chi connectivity index (χ1v) is 12.2. The van der Waals surface area contributed by atoms with E-state index in [2.05, 4.69) is 42.0 Å². The molecule has 0 aliphatic heterocycles. The number of alkyl halides is 6. The van der Waals surface area contributed by atoms with Crippen LogP contribution in [0.4, 0.5) is 26.3 Å². The lowest BCUT2D eigenvalue weighted by atomic mass is 9.78. The van der Waals surface area contributed by atoms with E-state index in [9.17, 15) is 26.3 Å². The standard InChI is InChI=1S/C28H32F6O/c1-2-3-4-5-20-8-14-23(15-9-20)24-16-10-21(11-17-24)6-7-22-12-18-25(19-13-22)35-28(33,34)26(29)27(30,31)32/h6-9,12-15,18-19,21,24,26H,2-5,10-11,16-17H2,1H3/b7-6+. The van der Waals surface area contributed by atoms with Crippen LogP contribution < -0.4 is 4.74 Å². The molecule has 3 rings (SSSR count). The first kappa shape index (κ1) is 27.2. The van der Waals surface area contributed by atoms with Crippen molar-refractivity contribution in [2.45, 2.75) is 82.7 Å². The van der Waals surface area contributed by atoms with Gasteiger partial charge >= 0.3 is 12.3 Å². The Labute approximate surface area is 203 Å². The van der Waals surface area contributed by atoms with Crippen LogP contribution in [-0.2, 0) is 6.42 Å². The number of allylic oxidation sites excluding steroid dienone is 1. The normalized spacial score (nSPS) is 20.2. The van der Waals surface area contributed by atoms with E-state index in [4.69, 9.17) is 0 Å². The van der Waals surface area contributed by atoms with Gasteiger partial charge in [0.05, 0.1) is 0 Å². The summed E-state index contributed by atoms with van der Waals surface area (Å²) in [5, 5.41) is 0. The number of ether oxygens (including phenoxy) is 1. The van der Waals surface area contributed by atoms with Crippen LogP contribution in [-0.4, -0.2) is 18.5 Å². The van der Waals surface area contributed by atoms with Gasteiger partial charge in [0.2, 0.25) is 0 Å². The average Bonchev–Trinajstić information content (AvgIpc) is 2.83. The van der Waals surface area contributed by atoms with Gasteiger partial charge in [0.25, 0.3) is 6.17 Å². The van der Waals surface area contributed by atoms with Crippen molar-refractivity contribution in [3.63, 3.8) is 0 Å². The highest BCUT2D eigenvalue weighted by atomic mass is 19.4. The van der Waals surface area contributed by atoms with Gasteiger partial charge in [-0.05, 0) is 79.2 Å². The van der Waals surface area contributed by atoms with Gasteiger partial charge in [0.1, 0.15) is 5.75 Å². The Morgan fingerprint density at radius 1 is 0.886 bits per heavy atom. The zero-order valence-corrected chi connectivity index (χ0v) is 19.8. The van der Waals surface area contributed by atoms with E-state index >= 15 is 0 Å². The van der Waals surface area contributed by atoms with Gasteiger partial charge in [0.15, 0.2) is 0 Å². The van der Waals surface area contributed by atoms with Crippen molar-refractivity contribution in [2.75, 3.05) is 0 Å². The minimum atomic E-state index is -5.71. The van der Waals surface area contributed by atoms with Gasteiger partial charge in [0, 0.05) is 0 Å². The molecule has 1 fully saturated rings. The summed E-state index contributed by atoms with van der Waals surface area (Å²) in [5.41, 5.74) is 3.48. The third kappa shape index (κ3) is 8.04. The first-order chi connectivity index (χ1) is 16.6. The fourth-order valence-electron chi connectivity index (χ4n) is 4.47. The van der Waals surface area contributed by atoms with E-state index in [-0.39, 0.29) is 0 Å². The van der Waals surface area contributed by atoms with Crippen LogP contribution in [0.2, 0.25) is 0 Å². The number of unbranched alkanes of at least 4 members (excludes halogenated alkanes) is 2. The highest BCUT2D eigenvalue weighted by Crippen LogP contribution is 2.38. The molecular formula is C28H32F6O. The zero-order valence-electron chi connectivity index (χ0n) is 19.8. The molecule has 7 heteroatoms. The van der Waals surface area contributed by atoms with Crippen molar-refractivity contribution in [1.29, 1.82) is 0 Å². The molecule has 0 aromatic heterocycles. The van der Waals surface area contributed by atoms with Crippen LogP contribution in [0.1, 0.15) is 74.5 Å². The predicted octanol–water partition coefficient (Wildman–Crippen LogP) is 9.28. The van der Waals surface area contributed by atoms with Crippen LogP contribution in [0.25, 0.3) is 6.08 Å². The highest BCUT2D eigenvalue weighted by molar-refractivity contribution is 5.51. The molecule has 0 saturated heterocycles. The number of benzene rings is 2. The molecule has 1 aliphatic rings. The Kier molecular flexibility index (Phi) is 9.31. The summed E-state index contributed by atoms with van der Waals surface area (Å²) in [6.07, 6.45) is -2.04. The lowest BCUT2D eigenvalue weighted by Gasteiger charge is -2.27. The van der Waals surface area contributed by atoms with Crippen LogP contribution in [0.5, 0.6) is 5.75 Å². The summed E-state index contributed by atoms with van der Waals surface area (Å²) in [6.45, 7) is 2.21. The average molecular weight is 499 g/mol. The second-order valence-corrected chi connectivity index (χ2v) is 9.31. The van der Waals surface area contributed by atoms with Crippen molar-refractivity contribution in [3.8, 4) is 5.75 Å². The second kappa shape index (κ2) is 12.0. The minimum Gasteiger partial charge on any atom is -0.430 e. The lowest BCUT2D eigenvalue weighted by Crippen LogP contribution is -2.45. The van der Waals surface area contributed by atoms with E-state index in [0.29, 0.717) is 17.4 Å². The van der Waals surface area contributed by atoms with E-state index in [1.54, 1.807) is 0 Å². The number of hydrogen-bond acceptors (Lipinski definition) is 1. The fraction of sp³-hybridized carbons (Fsp3) is 0.500. The maximum atomic E-state index is 13.4. The Morgan fingerprint density at radius 2 is 1.51 bits per heavy atom. The molecule has 2 aromatic carbocycles. The predicted molar refractivity (Wildman–Crippen MR) is 126 cm³/mol. The molecule has 0 radical (unpaired) electrons. The summed E-state index contributed by atoms with van der Waals surface area (Å²) in [7, 11) is 0. The number of aryl methyl sites for hydroxylation is 1. The van der Waals surface area contributed by atoms with Crippen LogP contribution in [0.3, 0.4) is 0 Å². The van der Waals surface area contributed by atoms with Crippen molar-refractivity contribution < 1.29 is 31.1 Å². The molecule has 0 N–H and O–H groups in total. The molecule has 1 unspecified atom stereocenters. The minimum absolute atomic E-state index is 0.402. The molecule has 1 atom stereocenters. The number of halogens is 6. The van der Waals surface area contributed by atoms with E-state index in [1.165, 1.54) is 42.5 Å².